The minimum atomic E-state index is -0.851. The smallest absolute Gasteiger partial charge is 0.325 e. The summed E-state index contributed by atoms with van der Waals surface area (Å²) in [4.78, 5) is 41.3. The van der Waals surface area contributed by atoms with Crippen molar-refractivity contribution in [2.75, 3.05) is 26.2 Å². The molecule has 1 aromatic carbocycles. The molecule has 162 valence electrons. The lowest BCUT2D eigenvalue weighted by Gasteiger charge is -2.37. The molecule has 3 atom stereocenters. The zero-order chi connectivity index (χ0) is 21.3. The Morgan fingerprint density at radius 3 is 2.77 bits per heavy atom. The Bertz CT molecular complexity index is 844. The van der Waals surface area contributed by atoms with E-state index in [-0.39, 0.29) is 30.4 Å². The average molecular weight is 415 g/mol. The van der Waals surface area contributed by atoms with Crippen LogP contribution in [0.4, 0.5) is 4.79 Å². The van der Waals surface area contributed by atoms with Gasteiger partial charge in [-0.1, -0.05) is 31.9 Å². The number of rotatable bonds is 5. The minimum absolute atomic E-state index is 0.0675. The summed E-state index contributed by atoms with van der Waals surface area (Å²) in [6.07, 6.45) is 3.18. The largest absolute Gasteiger partial charge is 0.486 e. The number of hydrogen-bond donors (Lipinski definition) is 1. The minimum Gasteiger partial charge on any atom is -0.486 e. The lowest BCUT2D eigenvalue weighted by molar-refractivity contribution is -0.141. The van der Waals surface area contributed by atoms with Gasteiger partial charge < -0.3 is 19.7 Å². The Balaban J connectivity index is 1.40. The number of nitrogens with zero attached hydrogens (tertiary/aromatic N) is 2. The number of urea groups is 1. The molecular formula is C22H29N3O5. The number of carbonyl (C=O) groups is 3. The first-order valence-electron chi connectivity index (χ1n) is 10.7. The number of ether oxygens (including phenoxy) is 2. The van der Waals surface area contributed by atoms with Crippen molar-refractivity contribution in [3.8, 4) is 11.5 Å². The van der Waals surface area contributed by atoms with E-state index in [1.807, 2.05) is 38.1 Å². The molecule has 3 aliphatic rings. The molecule has 0 bridgehead atoms. The van der Waals surface area contributed by atoms with Crippen molar-refractivity contribution in [3.63, 3.8) is 0 Å². The van der Waals surface area contributed by atoms with Gasteiger partial charge in [0.05, 0.1) is 6.54 Å². The molecule has 1 aromatic rings. The number of hydrogen-bond acceptors (Lipinski definition) is 5. The van der Waals surface area contributed by atoms with Crippen LogP contribution in [0.25, 0.3) is 0 Å². The fraction of sp³-hybridized carbons (Fsp3) is 0.591. The summed E-state index contributed by atoms with van der Waals surface area (Å²) in [6.45, 7) is 4.73. The number of para-hydroxylation sites is 2. The Morgan fingerprint density at radius 2 is 2.03 bits per heavy atom. The number of nitrogens with one attached hydrogen (secondary N) is 1. The van der Waals surface area contributed by atoms with Crippen molar-refractivity contribution in [3.05, 3.63) is 24.3 Å². The Kier molecular flexibility index (Phi) is 5.58. The van der Waals surface area contributed by atoms with Crippen molar-refractivity contribution < 1.29 is 23.9 Å². The maximum Gasteiger partial charge on any atom is 0.325 e. The van der Waals surface area contributed by atoms with Crippen molar-refractivity contribution in [1.82, 2.24) is 15.1 Å². The quantitative estimate of drug-likeness (QED) is 0.745. The lowest BCUT2D eigenvalue weighted by atomic mass is 9.73. The summed E-state index contributed by atoms with van der Waals surface area (Å²) in [5, 5.41) is 2.90. The van der Waals surface area contributed by atoms with Gasteiger partial charge in [0, 0.05) is 6.54 Å². The van der Waals surface area contributed by atoms with Crippen molar-refractivity contribution >= 4 is 17.8 Å². The van der Waals surface area contributed by atoms with Crippen molar-refractivity contribution in [1.29, 1.82) is 0 Å². The number of imide groups is 1. The highest BCUT2D eigenvalue weighted by Gasteiger charge is 2.55. The van der Waals surface area contributed by atoms with Crippen molar-refractivity contribution in [2.45, 2.75) is 51.2 Å². The van der Waals surface area contributed by atoms with E-state index in [0.717, 1.165) is 24.2 Å². The third-order valence-electron chi connectivity index (χ3n) is 6.52. The van der Waals surface area contributed by atoms with Gasteiger partial charge in [0.1, 0.15) is 18.7 Å². The highest BCUT2D eigenvalue weighted by molar-refractivity contribution is 6.09. The van der Waals surface area contributed by atoms with Gasteiger partial charge in [-0.15, -0.1) is 0 Å². The predicted octanol–water partition coefficient (Wildman–Crippen LogP) is 2.18. The van der Waals surface area contributed by atoms with Gasteiger partial charge in [0.15, 0.2) is 17.6 Å². The van der Waals surface area contributed by atoms with E-state index in [1.54, 1.807) is 4.90 Å². The number of benzene rings is 1. The van der Waals surface area contributed by atoms with Crippen LogP contribution in [0.15, 0.2) is 24.3 Å². The van der Waals surface area contributed by atoms with Gasteiger partial charge in [0.25, 0.3) is 5.91 Å². The maximum atomic E-state index is 13.1. The maximum absolute atomic E-state index is 13.1. The molecule has 1 saturated carbocycles. The van der Waals surface area contributed by atoms with Crippen LogP contribution in [0.2, 0.25) is 0 Å². The first-order valence-corrected chi connectivity index (χ1v) is 10.7. The van der Waals surface area contributed by atoms with Gasteiger partial charge in [-0.2, -0.15) is 0 Å². The molecule has 30 heavy (non-hydrogen) atoms. The van der Waals surface area contributed by atoms with Crippen LogP contribution >= 0.6 is 0 Å². The van der Waals surface area contributed by atoms with E-state index in [0.29, 0.717) is 37.6 Å². The molecule has 4 rings (SSSR count). The molecule has 2 fully saturated rings. The van der Waals surface area contributed by atoms with Gasteiger partial charge in [-0.3, -0.25) is 14.5 Å². The number of carbonyl (C=O) groups excluding carboxylic acids is 3. The molecule has 1 aliphatic carbocycles. The second kappa shape index (κ2) is 8.16. The Labute approximate surface area is 176 Å². The summed E-state index contributed by atoms with van der Waals surface area (Å²) in [5.74, 6) is 0.867. The van der Waals surface area contributed by atoms with Crippen molar-refractivity contribution in [2.24, 2.45) is 5.92 Å². The van der Waals surface area contributed by atoms with Crippen LogP contribution in [0.5, 0.6) is 11.5 Å². The average Bonchev–Trinajstić information content (AvgIpc) is 2.98. The van der Waals surface area contributed by atoms with E-state index < -0.39 is 11.6 Å². The van der Waals surface area contributed by atoms with E-state index >= 15 is 0 Å². The highest BCUT2D eigenvalue weighted by Crippen LogP contribution is 2.38. The van der Waals surface area contributed by atoms with Crippen LogP contribution < -0.4 is 14.8 Å². The molecule has 4 amide bonds. The molecule has 2 aliphatic heterocycles. The standard InChI is InChI=1S/C22H29N3O5/c1-3-24(12-16-14-29-17-9-4-5-10-18(17)30-16)19(26)13-25-20(27)22(23-21(25)28)11-7-6-8-15(22)2/h4-5,9-10,15-16H,3,6-8,11-14H2,1-2H3,(H,23,28)/t15-,16-,22-/m0/s1. The summed E-state index contributed by atoms with van der Waals surface area (Å²) in [5.41, 5.74) is -0.851. The molecule has 0 aromatic heterocycles. The first-order chi connectivity index (χ1) is 14.4. The molecule has 1 spiro atoms. The van der Waals surface area contributed by atoms with Crippen LogP contribution in [0.1, 0.15) is 39.5 Å². The summed E-state index contributed by atoms with van der Waals surface area (Å²) >= 11 is 0. The molecular weight excluding hydrogens is 386 g/mol. The predicted molar refractivity (Wildman–Crippen MR) is 109 cm³/mol. The third kappa shape index (κ3) is 3.59. The van der Waals surface area contributed by atoms with E-state index in [1.165, 1.54) is 0 Å². The van der Waals surface area contributed by atoms with Crippen LogP contribution in [-0.2, 0) is 9.59 Å². The summed E-state index contributed by atoms with van der Waals surface area (Å²) in [7, 11) is 0. The summed E-state index contributed by atoms with van der Waals surface area (Å²) in [6, 6.07) is 6.95. The van der Waals surface area contributed by atoms with Gasteiger partial charge >= 0.3 is 6.03 Å². The second-order valence-corrected chi connectivity index (χ2v) is 8.37. The van der Waals surface area contributed by atoms with E-state index in [4.69, 9.17) is 9.47 Å². The number of amides is 4. The molecule has 0 radical (unpaired) electrons. The van der Waals surface area contributed by atoms with Gasteiger partial charge in [0.2, 0.25) is 5.91 Å². The summed E-state index contributed by atoms with van der Waals surface area (Å²) < 4.78 is 11.7. The fourth-order valence-corrected chi connectivity index (χ4v) is 4.68. The molecule has 2 heterocycles. The molecule has 8 nitrogen and oxygen atoms in total. The van der Waals surface area contributed by atoms with E-state index in [2.05, 4.69) is 5.32 Å². The first kappa shape index (κ1) is 20.5. The van der Waals surface area contributed by atoms with Gasteiger partial charge in [-0.25, -0.2) is 4.79 Å². The molecule has 0 unspecified atom stereocenters. The monoisotopic (exact) mass is 415 g/mol. The Morgan fingerprint density at radius 1 is 1.27 bits per heavy atom. The number of likely N-dealkylation sites (N-methyl/N-ethyl adjacent to an activating group) is 1. The normalized spacial score (nSPS) is 27.9. The molecule has 8 heteroatoms. The third-order valence-corrected chi connectivity index (χ3v) is 6.52. The second-order valence-electron chi connectivity index (χ2n) is 8.37. The molecule has 1 N–H and O–H groups in total. The van der Waals surface area contributed by atoms with Crippen LogP contribution in [-0.4, -0.2) is 65.5 Å². The number of fused-ring (bicyclic) bond motifs is 1. The fourth-order valence-electron chi connectivity index (χ4n) is 4.68. The highest BCUT2D eigenvalue weighted by atomic mass is 16.6. The topological polar surface area (TPSA) is 88.2 Å². The zero-order valence-corrected chi connectivity index (χ0v) is 17.6. The lowest BCUT2D eigenvalue weighted by Crippen LogP contribution is -2.54. The van der Waals surface area contributed by atoms with Crippen LogP contribution in [0.3, 0.4) is 0 Å². The van der Waals surface area contributed by atoms with E-state index in [9.17, 15) is 14.4 Å². The Hall–Kier alpha value is -2.77. The van der Waals surface area contributed by atoms with Crippen LogP contribution in [0, 0.1) is 5.92 Å². The zero-order valence-electron chi connectivity index (χ0n) is 17.6. The van der Waals surface area contributed by atoms with Gasteiger partial charge in [-0.05, 0) is 37.8 Å². The SMILES string of the molecule is CCN(C[C@H]1COc2ccccc2O1)C(=O)CN1C(=O)N[C@]2(CCCC[C@@H]2C)C1=O. The molecule has 1 saturated heterocycles.